The van der Waals surface area contributed by atoms with Gasteiger partial charge < -0.3 is 20.1 Å². The Labute approximate surface area is 168 Å². The molecule has 7 heteroatoms. The van der Waals surface area contributed by atoms with Gasteiger partial charge in [0, 0.05) is 57.7 Å². The topological polar surface area (TPSA) is 72.7 Å². The molecule has 1 aromatic carbocycles. The first-order valence-corrected chi connectivity index (χ1v) is 9.93. The molecule has 0 amide bonds. The summed E-state index contributed by atoms with van der Waals surface area (Å²) in [6.07, 6.45) is 5.62. The first-order chi connectivity index (χ1) is 13.7. The third-order valence-corrected chi connectivity index (χ3v) is 4.14. The van der Waals surface area contributed by atoms with Crippen molar-refractivity contribution in [2.75, 3.05) is 33.4 Å². The summed E-state index contributed by atoms with van der Waals surface area (Å²) >= 11 is 0. The Bertz CT molecular complexity index is 701. The third kappa shape index (κ3) is 8.00. The van der Waals surface area contributed by atoms with E-state index in [-0.39, 0.29) is 0 Å². The lowest BCUT2D eigenvalue weighted by Gasteiger charge is -2.14. The van der Waals surface area contributed by atoms with Crippen LogP contribution in [0.2, 0.25) is 0 Å². The van der Waals surface area contributed by atoms with Crippen LogP contribution in [0.4, 0.5) is 0 Å². The molecule has 28 heavy (non-hydrogen) atoms. The van der Waals surface area contributed by atoms with Gasteiger partial charge in [-0.3, -0.25) is 4.68 Å². The summed E-state index contributed by atoms with van der Waals surface area (Å²) in [4.78, 5) is 4.72. The Balaban J connectivity index is 1.89. The summed E-state index contributed by atoms with van der Waals surface area (Å²) < 4.78 is 13.0. The Morgan fingerprint density at radius 2 is 2.11 bits per heavy atom. The molecule has 0 aliphatic carbocycles. The molecule has 0 fully saturated rings. The van der Waals surface area contributed by atoms with E-state index in [4.69, 9.17) is 14.5 Å². The fourth-order valence-corrected chi connectivity index (χ4v) is 2.70. The van der Waals surface area contributed by atoms with E-state index < -0.39 is 0 Å². The number of aromatic nitrogens is 2. The zero-order valence-corrected chi connectivity index (χ0v) is 17.3. The highest BCUT2D eigenvalue weighted by Crippen LogP contribution is 2.21. The maximum atomic E-state index is 5.95. The summed E-state index contributed by atoms with van der Waals surface area (Å²) in [6, 6.07) is 8.20. The van der Waals surface area contributed by atoms with Crippen molar-refractivity contribution in [3.63, 3.8) is 0 Å². The second-order valence-corrected chi connectivity index (χ2v) is 6.55. The summed E-state index contributed by atoms with van der Waals surface area (Å²) in [7, 11) is 1.71. The van der Waals surface area contributed by atoms with E-state index >= 15 is 0 Å². The lowest BCUT2D eigenvalue weighted by Crippen LogP contribution is -2.38. The quantitative estimate of drug-likeness (QED) is 0.333. The molecule has 2 rings (SSSR count). The number of rotatable bonds is 12. The van der Waals surface area contributed by atoms with Gasteiger partial charge in [0.25, 0.3) is 0 Å². The van der Waals surface area contributed by atoms with Crippen LogP contribution in [0.5, 0.6) is 5.75 Å². The Morgan fingerprint density at radius 3 is 2.86 bits per heavy atom. The normalized spacial score (nSPS) is 11.5. The number of methoxy groups -OCH3 is 1. The minimum Gasteiger partial charge on any atom is -0.493 e. The molecular formula is C21H33N5O2. The van der Waals surface area contributed by atoms with Crippen molar-refractivity contribution in [3.05, 3.63) is 47.8 Å². The molecule has 7 nitrogen and oxygen atoms in total. The molecular weight excluding hydrogens is 354 g/mol. The molecule has 154 valence electrons. The van der Waals surface area contributed by atoms with Crippen LogP contribution in [-0.2, 0) is 17.8 Å². The largest absolute Gasteiger partial charge is 0.493 e. The van der Waals surface area contributed by atoms with Gasteiger partial charge >= 0.3 is 0 Å². The highest BCUT2D eigenvalue weighted by Gasteiger charge is 2.05. The standard InChI is InChI=1S/C21H33N5O2/c1-4-22-21(23-10-5-12-26-13-6-11-25-26)24-17-19-9-8-18(2)16-20(19)28-15-7-14-27-3/h6,8-9,11,13,16H,4-5,7,10,12,14-15,17H2,1-3H3,(H2,22,23,24). The van der Waals surface area contributed by atoms with E-state index in [2.05, 4.69) is 47.8 Å². The van der Waals surface area contributed by atoms with Crippen molar-refractivity contribution in [2.24, 2.45) is 4.99 Å². The van der Waals surface area contributed by atoms with Crippen molar-refractivity contribution < 1.29 is 9.47 Å². The predicted octanol–water partition coefficient (Wildman–Crippen LogP) is 2.75. The van der Waals surface area contributed by atoms with Crippen LogP contribution >= 0.6 is 0 Å². The van der Waals surface area contributed by atoms with E-state index in [1.165, 1.54) is 5.56 Å². The minimum atomic E-state index is 0.564. The van der Waals surface area contributed by atoms with Crippen LogP contribution in [-0.4, -0.2) is 49.2 Å². The zero-order valence-electron chi connectivity index (χ0n) is 17.3. The molecule has 1 heterocycles. The monoisotopic (exact) mass is 387 g/mol. The van der Waals surface area contributed by atoms with Crippen molar-refractivity contribution in [3.8, 4) is 5.75 Å². The number of hydrogen-bond donors (Lipinski definition) is 2. The predicted molar refractivity (Wildman–Crippen MR) is 113 cm³/mol. The van der Waals surface area contributed by atoms with E-state index in [9.17, 15) is 0 Å². The summed E-state index contributed by atoms with van der Waals surface area (Å²) in [5.41, 5.74) is 2.26. The van der Waals surface area contributed by atoms with Crippen molar-refractivity contribution >= 4 is 5.96 Å². The van der Waals surface area contributed by atoms with Crippen molar-refractivity contribution in [2.45, 2.75) is 39.8 Å². The van der Waals surface area contributed by atoms with Gasteiger partial charge in [0.1, 0.15) is 5.75 Å². The van der Waals surface area contributed by atoms with Crippen molar-refractivity contribution in [1.82, 2.24) is 20.4 Å². The number of hydrogen-bond acceptors (Lipinski definition) is 4. The third-order valence-electron chi connectivity index (χ3n) is 4.14. The van der Waals surface area contributed by atoms with Crippen LogP contribution in [0.1, 0.15) is 30.9 Å². The number of nitrogens with zero attached hydrogens (tertiary/aromatic N) is 3. The molecule has 1 aromatic heterocycles. The number of nitrogens with one attached hydrogen (secondary N) is 2. The van der Waals surface area contributed by atoms with Crippen molar-refractivity contribution in [1.29, 1.82) is 0 Å². The van der Waals surface area contributed by atoms with E-state index in [1.807, 2.05) is 16.9 Å². The molecule has 0 aliphatic rings. The van der Waals surface area contributed by atoms with Gasteiger partial charge in [0.2, 0.25) is 0 Å². The second-order valence-electron chi connectivity index (χ2n) is 6.55. The smallest absolute Gasteiger partial charge is 0.191 e. The molecule has 2 N–H and O–H groups in total. The molecule has 0 aliphatic heterocycles. The lowest BCUT2D eigenvalue weighted by atomic mass is 10.1. The fraction of sp³-hybridized carbons (Fsp3) is 0.524. The second kappa shape index (κ2) is 12.8. The molecule has 0 saturated heterocycles. The van der Waals surface area contributed by atoms with Crippen LogP contribution in [0, 0.1) is 6.92 Å². The SMILES string of the molecule is CCNC(=NCc1ccc(C)cc1OCCCOC)NCCCn1cccn1. The summed E-state index contributed by atoms with van der Waals surface area (Å²) in [6.45, 7) is 8.58. The van der Waals surface area contributed by atoms with Gasteiger partial charge in [-0.05, 0) is 38.0 Å². The fourth-order valence-electron chi connectivity index (χ4n) is 2.70. The summed E-state index contributed by atoms with van der Waals surface area (Å²) in [5.74, 6) is 1.71. The van der Waals surface area contributed by atoms with E-state index in [0.29, 0.717) is 19.8 Å². The van der Waals surface area contributed by atoms with Crippen LogP contribution in [0.3, 0.4) is 0 Å². The molecule has 2 aromatic rings. The number of aryl methyl sites for hydroxylation is 2. The highest BCUT2D eigenvalue weighted by atomic mass is 16.5. The van der Waals surface area contributed by atoms with Crippen LogP contribution in [0.25, 0.3) is 0 Å². The molecule has 0 spiro atoms. The average Bonchev–Trinajstić information content (AvgIpc) is 3.21. The number of ether oxygens (including phenoxy) is 2. The number of guanidine groups is 1. The van der Waals surface area contributed by atoms with Gasteiger partial charge in [0.15, 0.2) is 5.96 Å². The van der Waals surface area contributed by atoms with Crippen LogP contribution < -0.4 is 15.4 Å². The molecule has 0 unspecified atom stereocenters. The minimum absolute atomic E-state index is 0.564. The van der Waals surface area contributed by atoms with Gasteiger partial charge in [-0.15, -0.1) is 0 Å². The van der Waals surface area contributed by atoms with Gasteiger partial charge in [-0.25, -0.2) is 4.99 Å². The van der Waals surface area contributed by atoms with E-state index in [0.717, 1.165) is 49.7 Å². The Kier molecular flexibility index (Phi) is 9.93. The zero-order chi connectivity index (χ0) is 20.0. The van der Waals surface area contributed by atoms with Crippen LogP contribution in [0.15, 0.2) is 41.7 Å². The maximum absolute atomic E-state index is 5.95. The molecule has 0 radical (unpaired) electrons. The van der Waals surface area contributed by atoms with E-state index in [1.54, 1.807) is 13.3 Å². The number of aliphatic imine (C=N–C) groups is 1. The Hall–Kier alpha value is -2.54. The lowest BCUT2D eigenvalue weighted by molar-refractivity contribution is 0.172. The average molecular weight is 388 g/mol. The number of benzene rings is 1. The maximum Gasteiger partial charge on any atom is 0.191 e. The molecule has 0 atom stereocenters. The molecule has 0 saturated carbocycles. The van der Waals surface area contributed by atoms with Gasteiger partial charge in [-0.1, -0.05) is 12.1 Å². The highest BCUT2D eigenvalue weighted by molar-refractivity contribution is 5.79. The van der Waals surface area contributed by atoms with Gasteiger partial charge in [-0.2, -0.15) is 5.10 Å². The summed E-state index contributed by atoms with van der Waals surface area (Å²) in [5, 5.41) is 10.9. The first-order valence-electron chi connectivity index (χ1n) is 9.93. The Morgan fingerprint density at radius 1 is 1.21 bits per heavy atom. The first kappa shape index (κ1) is 21.8. The molecule has 0 bridgehead atoms. The van der Waals surface area contributed by atoms with Gasteiger partial charge in [0.05, 0.1) is 13.2 Å².